The van der Waals surface area contributed by atoms with E-state index < -0.39 is 5.97 Å². The van der Waals surface area contributed by atoms with Gasteiger partial charge in [-0.3, -0.25) is 9.59 Å². The predicted molar refractivity (Wildman–Crippen MR) is 64.5 cm³/mol. The van der Waals surface area contributed by atoms with Crippen LogP contribution in [0.2, 0.25) is 0 Å². The molecule has 0 aromatic heterocycles. The second-order valence-electron chi connectivity index (χ2n) is 3.67. The fourth-order valence-corrected chi connectivity index (χ4v) is 1.61. The van der Waals surface area contributed by atoms with Crippen LogP contribution in [0.3, 0.4) is 0 Å². The maximum atomic E-state index is 11.9. The van der Waals surface area contributed by atoms with Crippen molar-refractivity contribution < 1.29 is 14.3 Å². The first-order valence-electron chi connectivity index (χ1n) is 5.58. The van der Waals surface area contributed by atoms with E-state index in [4.69, 9.17) is 0 Å². The summed E-state index contributed by atoms with van der Waals surface area (Å²) in [6, 6.07) is 9.51. The molecule has 1 rings (SSSR count). The van der Waals surface area contributed by atoms with Gasteiger partial charge in [0, 0.05) is 0 Å². The second kappa shape index (κ2) is 6.68. The molecule has 1 aromatic carbocycles. The largest absolute Gasteiger partial charge is 0.468 e. The lowest BCUT2D eigenvalue weighted by molar-refractivity contribution is -0.141. The van der Waals surface area contributed by atoms with Crippen molar-refractivity contribution in [1.82, 2.24) is 5.32 Å². The molecule has 1 amide bonds. The van der Waals surface area contributed by atoms with Gasteiger partial charge in [0.1, 0.15) is 6.54 Å². The Balaban J connectivity index is 2.62. The van der Waals surface area contributed by atoms with Crippen LogP contribution in [0.5, 0.6) is 0 Å². The van der Waals surface area contributed by atoms with E-state index in [0.29, 0.717) is 6.42 Å². The number of ether oxygens (including phenoxy) is 1. The average Bonchev–Trinajstić information content (AvgIpc) is 2.38. The van der Waals surface area contributed by atoms with Gasteiger partial charge in [0.2, 0.25) is 5.91 Å². The van der Waals surface area contributed by atoms with E-state index in [1.807, 2.05) is 37.3 Å². The van der Waals surface area contributed by atoms with E-state index >= 15 is 0 Å². The molecule has 0 aliphatic rings. The van der Waals surface area contributed by atoms with E-state index in [-0.39, 0.29) is 18.4 Å². The normalized spacial score (nSPS) is 11.6. The van der Waals surface area contributed by atoms with Crippen LogP contribution in [0.15, 0.2) is 30.3 Å². The van der Waals surface area contributed by atoms with Crippen molar-refractivity contribution in [2.75, 3.05) is 13.7 Å². The SMILES string of the molecule is CCC(C(=O)NCC(=O)OC)c1ccccc1. The van der Waals surface area contributed by atoms with E-state index in [0.717, 1.165) is 5.56 Å². The lowest BCUT2D eigenvalue weighted by Crippen LogP contribution is -2.33. The van der Waals surface area contributed by atoms with Crippen LogP contribution in [0.25, 0.3) is 0 Å². The first kappa shape index (κ1) is 13.2. The minimum Gasteiger partial charge on any atom is -0.468 e. The van der Waals surface area contributed by atoms with Gasteiger partial charge in [0.25, 0.3) is 0 Å². The van der Waals surface area contributed by atoms with Crippen LogP contribution in [0.1, 0.15) is 24.8 Å². The maximum Gasteiger partial charge on any atom is 0.325 e. The molecular weight excluding hydrogens is 218 g/mol. The van der Waals surface area contributed by atoms with E-state index in [2.05, 4.69) is 10.1 Å². The number of rotatable bonds is 5. The Morgan fingerprint density at radius 1 is 1.29 bits per heavy atom. The Labute approximate surface area is 101 Å². The third-order valence-corrected chi connectivity index (χ3v) is 2.56. The molecule has 0 bridgehead atoms. The summed E-state index contributed by atoms with van der Waals surface area (Å²) in [4.78, 5) is 22.8. The fraction of sp³-hybridized carbons (Fsp3) is 0.385. The number of carbonyl (C=O) groups excluding carboxylic acids is 2. The number of methoxy groups -OCH3 is 1. The molecule has 4 nitrogen and oxygen atoms in total. The van der Waals surface area contributed by atoms with Crippen LogP contribution in [0.4, 0.5) is 0 Å². The minimum absolute atomic E-state index is 0.0847. The van der Waals surface area contributed by atoms with Gasteiger partial charge < -0.3 is 10.1 Å². The number of hydrogen-bond acceptors (Lipinski definition) is 3. The summed E-state index contributed by atoms with van der Waals surface area (Å²) in [6.07, 6.45) is 0.691. The van der Waals surface area contributed by atoms with Gasteiger partial charge in [0.15, 0.2) is 0 Å². The zero-order valence-corrected chi connectivity index (χ0v) is 10.1. The van der Waals surface area contributed by atoms with Gasteiger partial charge in [-0.2, -0.15) is 0 Å². The van der Waals surface area contributed by atoms with Crippen molar-refractivity contribution in [2.45, 2.75) is 19.3 Å². The molecule has 0 aliphatic heterocycles. The van der Waals surface area contributed by atoms with E-state index in [1.165, 1.54) is 7.11 Å². The van der Waals surface area contributed by atoms with E-state index in [1.54, 1.807) is 0 Å². The van der Waals surface area contributed by atoms with Crippen molar-refractivity contribution in [3.05, 3.63) is 35.9 Å². The number of esters is 1. The first-order chi connectivity index (χ1) is 8.19. The minimum atomic E-state index is -0.443. The number of nitrogens with one attached hydrogen (secondary N) is 1. The monoisotopic (exact) mass is 235 g/mol. The summed E-state index contributed by atoms with van der Waals surface area (Å²) in [5.41, 5.74) is 0.956. The molecule has 0 spiro atoms. The smallest absolute Gasteiger partial charge is 0.325 e. The van der Waals surface area contributed by atoms with Crippen molar-refractivity contribution >= 4 is 11.9 Å². The molecule has 0 aliphatic carbocycles. The summed E-state index contributed by atoms with van der Waals surface area (Å²) in [7, 11) is 1.29. The van der Waals surface area contributed by atoms with Gasteiger partial charge >= 0.3 is 5.97 Å². The predicted octanol–water partition coefficient (Wildman–Crippen LogP) is 1.47. The molecule has 0 radical (unpaired) electrons. The van der Waals surface area contributed by atoms with Gasteiger partial charge in [-0.05, 0) is 12.0 Å². The molecule has 0 saturated heterocycles. The topological polar surface area (TPSA) is 55.4 Å². The lowest BCUT2D eigenvalue weighted by Gasteiger charge is -2.14. The zero-order chi connectivity index (χ0) is 12.7. The van der Waals surface area contributed by atoms with Crippen molar-refractivity contribution in [1.29, 1.82) is 0 Å². The quantitative estimate of drug-likeness (QED) is 0.786. The highest BCUT2D eigenvalue weighted by atomic mass is 16.5. The molecule has 0 saturated carbocycles. The summed E-state index contributed by atoms with van der Waals surface area (Å²) in [5, 5.41) is 2.57. The fourth-order valence-electron chi connectivity index (χ4n) is 1.61. The summed E-state index contributed by atoms with van der Waals surface area (Å²) in [5.74, 6) is -0.814. The maximum absolute atomic E-state index is 11.9. The zero-order valence-electron chi connectivity index (χ0n) is 10.1. The number of amides is 1. The Hall–Kier alpha value is -1.84. The Morgan fingerprint density at radius 2 is 1.94 bits per heavy atom. The Kier molecular flexibility index (Phi) is 5.20. The molecule has 1 aromatic rings. The van der Waals surface area contributed by atoms with Gasteiger partial charge in [0.05, 0.1) is 13.0 Å². The van der Waals surface area contributed by atoms with Crippen LogP contribution in [-0.4, -0.2) is 25.5 Å². The molecule has 0 heterocycles. The second-order valence-corrected chi connectivity index (χ2v) is 3.67. The highest BCUT2D eigenvalue weighted by Crippen LogP contribution is 2.18. The van der Waals surface area contributed by atoms with Crippen LogP contribution < -0.4 is 5.32 Å². The Morgan fingerprint density at radius 3 is 2.47 bits per heavy atom. The molecule has 4 heteroatoms. The standard InChI is InChI=1S/C13H17NO3/c1-3-11(10-7-5-4-6-8-10)13(16)14-9-12(15)17-2/h4-8,11H,3,9H2,1-2H3,(H,14,16). The molecule has 17 heavy (non-hydrogen) atoms. The molecular formula is C13H17NO3. The van der Waals surface area contributed by atoms with Gasteiger partial charge in [-0.25, -0.2) is 0 Å². The molecule has 92 valence electrons. The molecule has 0 fully saturated rings. The highest BCUT2D eigenvalue weighted by molar-refractivity contribution is 5.86. The lowest BCUT2D eigenvalue weighted by atomic mass is 9.96. The third kappa shape index (κ3) is 3.90. The number of carbonyl (C=O) groups is 2. The number of hydrogen-bond donors (Lipinski definition) is 1. The Bertz CT molecular complexity index is 376. The summed E-state index contributed by atoms with van der Waals surface area (Å²) >= 11 is 0. The molecule has 1 atom stereocenters. The molecule has 1 N–H and O–H groups in total. The van der Waals surface area contributed by atoms with Gasteiger partial charge in [-0.1, -0.05) is 37.3 Å². The van der Waals surface area contributed by atoms with Crippen LogP contribution >= 0.6 is 0 Å². The summed E-state index contributed by atoms with van der Waals surface area (Å²) < 4.78 is 4.47. The van der Waals surface area contributed by atoms with E-state index in [9.17, 15) is 9.59 Å². The average molecular weight is 235 g/mol. The molecule has 1 unspecified atom stereocenters. The van der Waals surface area contributed by atoms with Crippen LogP contribution in [-0.2, 0) is 14.3 Å². The van der Waals surface area contributed by atoms with Crippen molar-refractivity contribution in [2.24, 2.45) is 0 Å². The van der Waals surface area contributed by atoms with Gasteiger partial charge in [-0.15, -0.1) is 0 Å². The first-order valence-corrected chi connectivity index (χ1v) is 5.58. The van der Waals surface area contributed by atoms with Crippen molar-refractivity contribution in [3.8, 4) is 0 Å². The summed E-state index contributed by atoms with van der Waals surface area (Å²) in [6.45, 7) is 1.86. The third-order valence-electron chi connectivity index (χ3n) is 2.56. The highest BCUT2D eigenvalue weighted by Gasteiger charge is 2.18. The number of benzene rings is 1. The van der Waals surface area contributed by atoms with Crippen molar-refractivity contribution in [3.63, 3.8) is 0 Å². The van der Waals surface area contributed by atoms with Crippen LogP contribution in [0, 0.1) is 0 Å².